The van der Waals surface area contributed by atoms with Crippen LogP contribution in [0.2, 0.25) is 0 Å². The number of pyridine rings is 1. The summed E-state index contributed by atoms with van der Waals surface area (Å²) in [5, 5.41) is 13.1. The molecular formula is C18H19N3O5. The predicted molar refractivity (Wildman–Crippen MR) is 93.0 cm³/mol. The van der Waals surface area contributed by atoms with Gasteiger partial charge in [0.1, 0.15) is 11.2 Å². The minimum Gasteiger partial charge on any atom is -0.497 e. The standard InChI is InChI=1S/C18H19N3O5/c1-26-12-2-3-14-10(5-12)4-11(15(22)20-14)6-21-7-13-16(23)19-8-18(13,9-21)17(24)25/h2-5,13H,6-9H2,1H3,(H,19,23)(H,20,22)(H,24,25)/t13-,18+/m0/s1. The van der Waals surface area contributed by atoms with E-state index in [2.05, 4.69) is 10.3 Å². The van der Waals surface area contributed by atoms with Crippen LogP contribution < -0.4 is 15.6 Å². The van der Waals surface area contributed by atoms with Crippen molar-refractivity contribution in [2.75, 3.05) is 26.7 Å². The van der Waals surface area contributed by atoms with Crippen LogP contribution in [0.1, 0.15) is 5.56 Å². The second-order valence-electron chi connectivity index (χ2n) is 6.98. The summed E-state index contributed by atoms with van der Waals surface area (Å²) in [4.78, 5) is 40.9. The van der Waals surface area contributed by atoms with E-state index in [0.717, 1.165) is 5.39 Å². The number of rotatable bonds is 4. The van der Waals surface area contributed by atoms with Gasteiger partial charge in [-0.15, -0.1) is 0 Å². The number of carboxylic acids is 1. The van der Waals surface area contributed by atoms with Gasteiger partial charge in [-0.25, -0.2) is 0 Å². The molecule has 0 saturated carbocycles. The molecular weight excluding hydrogens is 338 g/mol. The van der Waals surface area contributed by atoms with Gasteiger partial charge in [-0.3, -0.25) is 19.3 Å². The molecule has 8 nitrogen and oxygen atoms in total. The maximum absolute atomic E-state index is 12.4. The molecule has 2 aliphatic rings. The minimum absolute atomic E-state index is 0.133. The number of nitrogens with zero attached hydrogens (tertiary/aromatic N) is 1. The van der Waals surface area contributed by atoms with Crippen LogP contribution in [0, 0.1) is 11.3 Å². The topological polar surface area (TPSA) is 112 Å². The summed E-state index contributed by atoms with van der Waals surface area (Å²) in [5.41, 5.74) is -0.0800. The number of benzene rings is 1. The van der Waals surface area contributed by atoms with Crippen LogP contribution in [0.25, 0.3) is 10.9 Å². The number of carbonyl (C=O) groups excluding carboxylic acids is 1. The van der Waals surface area contributed by atoms with Crippen LogP contribution in [0.3, 0.4) is 0 Å². The molecule has 0 bridgehead atoms. The Morgan fingerprint density at radius 3 is 2.88 bits per heavy atom. The Hall–Kier alpha value is -2.87. The lowest BCUT2D eigenvalue weighted by Gasteiger charge is -2.21. The van der Waals surface area contributed by atoms with E-state index < -0.39 is 17.3 Å². The molecule has 136 valence electrons. The summed E-state index contributed by atoms with van der Waals surface area (Å²) in [6.07, 6.45) is 0. The highest BCUT2D eigenvalue weighted by molar-refractivity contribution is 5.92. The molecule has 2 atom stereocenters. The van der Waals surface area contributed by atoms with E-state index in [-0.39, 0.29) is 24.6 Å². The SMILES string of the molecule is COc1ccc2[nH]c(=O)c(CN3C[C@H]4C(=O)NC[C@@]4(C(=O)O)C3)cc2c1. The van der Waals surface area contributed by atoms with Crippen molar-refractivity contribution in [2.45, 2.75) is 6.54 Å². The average molecular weight is 357 g/mol. The number of hydrogen-bond acceptors (Lipinski definition) is 5. The lowest BCUT2D eigenvalue weighted by Crippen LogP contribution is -2.40. The third kappa shape index (κ3) is 2.45. The van der Waals surface area contributed by atoms with Gasteiger partial charge in [-0.05, 0) is 24.3 Å². The van der Waals surface area contributed by atoms with Gasteiger partial charge in [0.05, 0.1) is 13.0 Å². The smallest absolute Gasteiger partial charge is 0.313 e. The number of methoxy groups -OCH3 is 1. The van der Waals surface area contributed by atoms with Gasteiger partial charge < -0.3 is 20.1 Å². The number of aromatic nitrogens is 1. The zero-order valence-electron chi connectivity index (χ0n) is 14.2. The largest absolute Gasteiger partial charge is 0.497 e. The lowest BCUT2D eigenvalue weighted by molar-refractivity contribution is -0.149. The third-order valence-corrected chi connectivity index (χ3v) is 5.46. The molecule has 4 rings (SSSR count). The second-order valence-corrected chi connectivity index (χ2v) is 6.98. The molecule has 0 spiro atoms. The number of hydrogen-bond donors (Lipinski definition) is 3. The Labute approximate surface area is 148 Å². The van der Waals surface area contributed by atoms with Crippen LogP contribution in [0.5, 0.6) is 5.75 Å². The molecule has 0 radical (unpaired) electrons. The molecule has 2 saturated heterocycles. The maximum Gasteiger partial charge on any atom is 0.313 e. The van der Waals surface area contributed by atoms with Crippen LogP contribution in [-0.2, 0) is 16.1 Å². The van der Waals surface area contributed by atoms with Crippen molar-refractivity contribution in [3.8, 4) is 5.75 Å². The Bertz CT molecular complexity index is 969. The van der Waals surface area contributed by atoms with Crippen molar-refractivity contribution < 1.29 is 19.4 Å². The number of fused-ring (bicyclic) bond motifs is 2. The zero-order valence-corrected chi connectivity index (χ0v) is 14.2. The first kappa shape index (κ1) is 16.6. The van der Waals surface area contributed by atoms with Gasteiger partial charge in [0.2, 0.25) is 5.91 Å². The third-order valence-electron chi connectivity index (χ3n) is 5.46. The van der Waals surface area contributed by atoms with Gasteiger partial charge in [-0.1, -0.05) is 0 Å². The van der Waals surface area contributed by atoms with E-state index in [1.165, 1.54) is 0 Å². The van der Waals surface area contributed by atoms with Gasteiger partial charge in [0.25, 0.3) is 5.56 Å². The summed E-state index contributed by atoms with van der Waals surface area (Å²) in [6.45, 7) is 0.990. The van der Waals surface area contributed by atoms with E-state index in [4.69, 9.17) is 4.74 Å². The highest BCUT2D eigenvalue weighted by atomic mass is 16.5. The molecule has 2 fully saturated rings. The molecule has 0 aliphatic carbocycles. The molecule has 3 N–H and O–H groups in total. The van der Waals surface area contributed by atoms with Crippen LogP contribution in [-0.4, -0.2) is 53.6 Å². The zero-order chi connectivity index (χ0) is 18.5. The number of amides is 1. The number of aromatic amines is 1. The predicted octanol–water partition coefficient (Wildman–Crippen LogP) is 0.169. The highest BCUT2D eigenvalue weighted by Gasteiger charge is 2.59. The van der Waals surface area contributed by atoms with E-state index in [1.807, 2.05) is 11.0 Å². The fraction of sp³-hybridized carbons (Fsp3) is 0.389. The second kappa shape index (κ2) is 5.84. The average Bonchev–Trinajstić information content (AvgIpc) is 3.13. The van der Waals surface area contributed by atoms with Crippen molar-refractivity contribution >= 4 is 22.8 Å². The number of ether oxygens (including phenoxy) is 1. The number of nitrogens with one attached hydrogen (secondary N) is 2. The summed E-state index contributed by atoms with van der Waals surface area (Å²) >= 11 is 0. The van der Waals surface area contributed by atoms with Crippen LogP contribution in [0.4, 0.5) is 0 Å². The number of likely N-dealkylation sites (tertiary alicyclic amines) is 1. The summed E-state index contributed by atoms with van der Waals surface area (Å²) in [7, 11) is 1.58. The van der Waals surface area contributed by atoms with Crippen molar-refractivity contribution in [2.24, 2.45) is 11.3 Å². The Morgan fingerprint density at radius 1 is 1.38 bits per heavy atom. The summed E-state index contributed by atoms with van der Waals surface area (Å²) in [6, 6.07) is 7.18. The van der Waals surface area contributed by atoms with Gasteiger partial charge >= 0.3 is 5.97 Å². The normalized spacial score (nSPS) is 25.3. The van der Waals surface area contributed by atoms with E-state index >= 15 is 0 Å². The first-order chi connectivity index (χ1) is 12.4. The lowest BCUT2D eigenvalue weighted by atomic mass is 9.81. The number of carbonyl (C=O) groups is 2. The summed E-state index contributed by atoms with van der Waals surface area (Å²) in [5.74, 6) is -1.10. The van der Waals surface area contributed by atoms with Crippen LogP contribution in [0.15, 0.2) is 29.1 Å². The molecule has 1 aromatic carbocycles. The Kier molecular flexibility index (Phi) is 3.73. The van der Waals surface area contributed by atoms with E-state index in [9.17, 15) is 19.5 Å². The molecule has 3 heterocycles. The van der Waals surface area contributed by atoms with Gasteiger partial charge in [0, 0.05) is 42.6 Å². The quantitative estimate of drug-likeness (QED) is 0.719. The monoisotopic (exact) mass is 357 g/mol. The summed E-state index contributed by atoms with van der Waals surface area (Å²) < 4.78 is 5.22. The van der Waals surface area contributed by atoms with E-state index in [1.54, 1.807) is 25.3 Å². The molecule has 1 amide bonds. The van der Waals surface area contributed by atoms with Crippen molar-refractivity contribution in [3.05, 3.63) is 40.2 Å². The molecule has 0 unspecified atom stereocenters. The fourth-order valence-corrected chi connectivity index (χ4v) is 4.02. The molecule has 2 aliphatic heterocycles. The number of aliphatic carboxylic acids is 1. The minimum atomic E-state index is -1.11. The molecule has 2 aromatic rings. The van der Waals surface area contributed by atoms with Crippen molar-refractivity contribution in [1.29, 1.82) is 0 Å². The maximum atomic E-state index is 12.4. The Morgan fingerprint density at radius 2 is 2.19 bits per heavy atom. The molecule has 26 heavy (non-hydrogen) atoms. The van der Waals surface area contributed by atoms with E-state index in [0.29, 0.717) is 29.9 Å². The van der Waals surface area contributed by atoms with Crippen molar-refractivity contribution in [3.63, 3.8) is 0 Å². The van der Waals surface area contributed by atoms with Gasteiger partial charge in [-0.2, -0.15) is 0 Å². The number of carboxylic acid groups (broad SMARTS) is 1. The van der Waals surface area contributed by atoms with Crippen molar-refractivity contribution in [1.82, 2.24) is 15.2 Å². The first-order valence-corrected chi connectivity index (χ1v) is 8.36. The fourth-order valence-electron chi connectivity index (χ4n) is 4.02. The Balaban J connectivity index is 1.64. The molecule has 8 heteroatoms. The highest BCUT2D eigenvalue weighted by Crippen LogP contribution is 2.40. The van der Waals surface area contributed by atoms with Crippen LogP contribution >= 0.6 is 0 Å². The number of H-pyrrole nitrogens is 1. The first-order valence-electron chi connectivity index (χ1n) is 8.36. The van der Waals surface area contributed by atoms with Gasteiger partial charge in [0.15, 0.2) is 0 Å². The molecule has 1 aromatic heterocycles.